The second-order valence-corrected chi connectivity index (χ2v) is 4.06. The zero-order valence-electron chi connectivity index (χ0n) is 10.3. The molecule has 106 valence electrons. The van der Waals surface area contributed by atoms with E-state index in [2.05, 4.69) is 9.97 Å². The number of hydrogen-bond acceptors (Lipinski definition) is 7. The van der Waals surface area contributed by atoms with Gasteiger partial charge in [0.15, 0.2) is 0 Å². The molecule has 0 amide bonds. The molecule has 7 heteroatoms. The molecule has 0 radical (unpaired) electrons. The Kier molecular flexibility index (Phi) is 6.54. The van der Waals surface area contributed by atoms with Gasteiger partial charge >= 0.3 is 0 Å². The second kappa shape index (κ2) is 7.93. The Balaban J connectivity index is 2.59. The molecule has 0 unspecified atom stereocenters. The van der Waals surface area contributed by atoms with Gasteiger partial charge in [-0.3, -0.25) is 9.97 Å². The number of aliphatic hydroxyl groups excluding tert-OH is 5. The molecule has 7 nitrogen and oxygen atoms in total. The van der Waals surface area contributed by atoms with Crippen molar-refractivity contribution >= 4 is 6.08 Å². The lowest BCUT2D eigenvalue weighted by Crippen LogP contribution is -2.31. The van der Waals surface area contributed by atoms with Gasteiger partial charge in [0.2, 0.25) is 0 Å². The quantitative estimate of drug-likeness (QED) is 0.391. The summed E-state index contributed by atoms with van der Waals surface area (Å²) in [5.41, 5.74) is 0.966. The molecular formula is C12H18N2O5. The maximum absolute atomic E-state index is 9.50. The van der Waals surface area contributed by atoms with Gasteiger partial charge in [-0.2, -0.15) is 0 Å². The highest BCUT2D eigenvalue weighted by molar-refractivity contribution is 5.43. The number of aliphatic hydroxyl groups is 5. The molecule has 0 aliphatic rings. The van der Waals surface area contributed by atoms with Crippen LogP contribution < -0.4 is 0 Å². The largest absolute Gasteiger partial charge is 0.394 e. The third-order valence-corrected chi connectivity index (χ3v) is 2.45. The molecule has 1 aromatic rings. The van der Waals surface area contributed by atoms with Crippen molar-refractivity contribution in [2.45, 2.75) is 24.7 Å². The Bertz CT molecular complexity index is 396. The van der Waals surface area contributed by atoms with E-state index in [0.29, 0.717) is 11.4 Å². The van der Waals surface area contributed by atoms with Crippen LogP contribution in [0.5, 0.6) is 0 Å². The van der Waals surface area contributed by atoms with Crippen LogP contribution in [0.2, 0.25) is 0 Å². The van der Waals surface area contributed by atoms with E-state index >= 15 is 0 Å². The molecular weight excluding hydrogens is 252 g/mol. The maximum Gasteiger partial charge on any atom is 0.103 e. The van der Waals surface area contributed by atoms with E-state index in [4.69, 9.17) is 15.3 Å². The fourth-order valence-corrected chi connectivity index (χ4v) is 1.30. The summed E-state index contributed by atoms with van der Waals surface area (Å²) in [6.45, 7) is -0.887. The molecule has 0 saturated carbocycles. The summed E-state index contributed by atoms with van der Waals surface area (Å²) in [6, 6.07) is 0. The highest BCUT2D eigenvalue weighted by atomic mass is 16.4. The summed E-state index contributed by atoms with van der Waals surface area (Å²) in [5.74, 6) is 0. The molecule has 0 aromatic carbocycles. The monoisotopic (exact) mass is 270 g/mol. The van der Waals surface area contributed by atoms with E-state index in [-0.39, 0.29) is 13.0 Å². The molecule has 5 N–H and O–H groups in total. The van der Waals surface area contributed by atoms with Gasteiger partial charge in [-0.25, -0.2) is 0 Å². The van der Waals surface area contributed by atoms with Crippen molar-refractivity contribution in [3.8, 4) is 0 Å². The Morgan fingerprint density at radius 3 is 2.26 bits per heavy atom. The van der Waals surface area contributed by atoms with Crippen molar-refractivity contribution in [2.24, 2.45) is 0 Å². The molecule has 1 aromatic heterocycles. The highest BCUT2D eigenvalue weighted by Crippen LogP contribution is 2.04. The first kappa shape index (κ1) is 15.7. The van der Waals surface area contributed by atoms with Crippen molar-refractivity contribution in [1.29, 1.82) is 0 Å². The van der Waals surface area contributed by atoms with E-state index in [0.717, 1.165) is 0 Å². The van der Waals surface area contributed by atoms with E-state index in [1.807, 2.05) is 0 Å². The summed E-state index contributed by atoms with van der Waals surface area (Å²) >= 11 is 0. The second-order valence-electron chi connectivity index (χ2n) is 4.06. The van der Waals surface area contributed by atoms with Crippen LogP contribution in [0.25, 0.3) is 6.08 Å². The lowest BCUT2D eigenvalue weighted by atomic mass is 10.1. The van der Waals surface area contributed by atoms with Gasteiger partial charge < -0.3 is 25.5 Å². The first-order valence-corrected chi connectivity index (χ1v) is 5.81. The molecule has 0 spiro atoms. The van der Waals surface area contributed by atoms with Crippen molar-refractivity contribution in [3.63, 3.8) is 0 Å². The molecule has 0 saturated heterocycles. The standard InChI is InChI=1S/C12H18N2O5/c15-6-10(17)2-1-8-4-14-9(5-13-8)3-11(18)12(19)7-16/h1-2,4-5,10-12,15-19H,3,6-7H2/b2-1+/t10-,11-,12+/m0/s1. The zero-order chi connectivity index (χ0) is 14.3. The van der Waals surface area contributed by atoms with E-state index in [1.54, 1.807) is 0 Å². The van der Waals surface area contributed by atoms with Gasteiger partial charge in [-0.1, -0.05) is 6.08 Å². The van der Waals surface area contributed by atoms with Gasteiger partial charge in [0.1, 0.15) is 6.10 Å². The van der Waals surface area contributed by atoms with Crippen LogP contribution in [0.15, 0.2) is 18.5 Å². The summed E-state index contributed by atoms with van der Waals surface area (Å²) in [5, 5.41) is 45.1. The minimum atomic E-state index is -1.21. The predicted molar refractivity (Wildman–Crippen MR) is 67.0 cm³/mol. The lowest BCUT2D eigenvalue weighted by Gasteiger charge is -2.14. The number of hydrogen-bond donors (Lipinski definition) is 5. The molecule has 19 heavy (non-hydrogen) atoms. The molecule has 1 rings (SSSR count). The highest BCUT2D eigenvalue weighted by Gasteiger charge is 2.16. The third-order valence-electron chi connectivity index (χ3n) is 2.45. The van der Waals surface area contributed by atoms with E-state index in [9.17, 15) is 10.2 Å². The number of aromatic nitrogens is 2. The van der Waals surface area contributed by atoms with Gasteiger partial charge in [0.05, 0.1) is 43.0 Å². The Hall–Kier alpha value is -1.38. The van der Waals surface area contributed by atoms with Gasteiger partial charge in [-0.15, -0.1) is 0 Å². The Morgan fingerprint density at radius 2 is 1.74 bits per heavy atom. The fraction of sp³-hybridized carbons (Fsp3) is 0.500. The molecule has 3 atom stereocenters. The fourth-order valence-electron chi connectivity index (χ4n) is 1.30. The summed E-state index contributed by atoms with van der Waals surface area (Å²) in [4.78, 5) is 8.05. The van der Waals surface area contributed by atoms with E-state index < -0.39 is 24.9 Å². The average molecular weight is 270 g/mol. The van der Waals surface area contributed by atoms with Crippen LogP contribution in [0.3, 0.4) is 0 Å². The predicted octanol–water partition coefficient (Wildman–Crippen LogP) is -1.90. The average Bonchev–Trinajstić information content (AvgIpc) is 2.45. The van der Waals surface area contributed by atoms with Gasteiger partial charge in [-0.05, 0) is 6.08 Å². The molecule has 0 aliphatic carbocycles. The van der Waals surface area contributed by atoms with Crippen LogP contribution in [0.1, 0.15) is 11.4 Å². The molecule has 1 heterocycles. The summed E-state index contributed by atoms with van der Waals surface area (Å²) in [6.07, 6.45) is 2.59. The van der Waals surface area contributed by atoms with E-state index in [1.165, 1.54) is 24.5 Å². The lowest BCUT2D eigenvalue weighted by molar-refractivity contribution is -0.0137. The van der Waals surface area contributed by atoms with Crippen molar-refractivity contribution in [3.05, 3.63) is 29.9 Å². The van der Waals surface area contributed by atoms with Crippen molar-refractivity contribution < 1.29 is 25.5 Å². The number of rotatable bonds is 7. The SMILES string of the molecule is OC[C@@H](O)[C@@H](O)Cc1cnc(/C=C/[C@H](O)CO)cn1. The Labute approximate surface area is 110 Å². The van der Waals surface area contributed by atoms with Crippen molar-refractivity contribution in [2.75, 3.05) is 13.2 Å². The summed E-state index contributed by atoms with van der Waals surface area (Å²) < 4.78 is 0. The molecule has 0 fully saturated rings. The first-order valence-electron chi connectivity index (χ1n) is 5.81. The molecule has 0 bridgehead atoms. The smallest absolute Gasteiger partial charge is 0.103 e. The topological polar surface area (TPSA) is 127 Å². The van der Waals surface area contributed by atoms with Crippen LogP contribution in [-0.2, 0) is 6.42 Å². The van der Waals surface area contributed by atoms with Gasteiger partial charge in [0, 0.05) is 12.6 Å². The van der Waals surface area contributed by atoms with Gasteiger partial charge in [0.25, 0.3) is 0 Å². The van der Waals surface area contributed by atoms with Crippen LogP contribution in [0, 0.1) is 0 Å². The number of nitrogens with zero attached hydrogens (tertiary/aromatic N) is 2. The first-order chi connectivity index (χ1) is 9.06. The van der Waals surface area contributed by atoms with Crippen LogP contribution >= 0.6 is 0 Å². The third kappa shape index (κ3) is 5.41. The molecule has 0 aliphatic heterocycles. The van der Waals surface area contributed by atoms with Crippen LogP contribution in [0.4, 0.5) is 0 Å². The minimum absolute atomic E-state index is 0.0813. The van der Waals surface area contributed by atoms with Crippen molar-refractivity contribution in [1.82, 2.24) is 9.97 Å². The summed E-state index contributed by atoms with van der Waals surface area (Å²) in [7, 11) is 0. The normalized spacial score (nSPS) is 16.5. The van der Waals surface area contributed by atoms with Crippen LogP contribution in [-0.4, -0.2) is 67.0 Å². The zero-order valence-corrected chi connectivity index (χ0v) is 10.3. The maximum atomic E-state index is 9.50. The Morgan fingerprint density at radius 1 is 1.00 bits per heavy atom. The minimum Gasteiger partial charge on any atom is -0.394 e.